The van der Waals surface area contributed by atoms with E-state index in [9.17, 15) is 4.79 Å². The van der Waals surface area contributed by atoms with Crippen molar-refractivity contribution in [2.45, 2.75) is 0 Å². The quantitative estimate of drug-likeness (QED) is 0.463. The maximum absolute atomic E-state index is 9.47. The van der Waals surface area contributed by atoms with Gasteiger partial charge in [-0.3, -0.25) is 4.79 Å². The predicted molar refractivity (Wildman–Crippen MR) is 46.7 cm³/mol. The summed E-state index contributed by atoms with van der Waals surface area (Å²) in [6.45, 7) is 12.2. The van der Waals surface area contributed by atoms with Crippen molar-refractivity contribution >= 4 is 17.5 Å². The van der Waals surface area contributed by atoms with Crippen LogP contribution in [0.25, 0.3) is 0 Å². The van der Waals surface area contributed by atoms with Gasteiger partial charge in [-0.15, -0.1) is 13.2 Å². The first-order chi connectivity index (χ1) is 4.68. The molecule has 0 aromatic heterocycles. The highest BCUT2D eigenvalue weighted by molar-refractivity contribution is 6.25. The lowest BCUT2D eigenvalue weighted by atomic mass is 10.6. The molecule has 0 unspecified atom stereocenters. The summed E-state index contributed by atoms with van der Waals surface area (Å²) in [5.74, 6) is -0.481. The zero-order valence-electron chi connectivity index (χ0n) is 5.85. The van der Waals surface area contributed by atoms with E-state index in [0.29, 0.717) is 0 Å². The fraction of sp³-hybridized carbons (Fsp3) is 0. The lowest BCUT2D eigenvalue weighted by Crippen LogP contribution is -2.04. The smallest absolute Gasteiger partial charge is 0.240 e. The Morgan fingerprint density at radius 2 is 1.50 bits per heavy atom. The van der Waals surface area contributed by atoms with Gasteiger partial charge in [-0.2, -0.15) is 0 Å². The first-order valence-corrected chi connectivity index (χ1v) is 2.75. The Labute approximate surface area is 66.7 Å². The first kappa shape index (κ1) is 16.0. The molecular formula is C7H12ClNO. The summed E-state index contributed by atoms with van der Waals surface area (Å²) >= 11 is 4.76. The Hall–Kier alpha value is -1.02. The van der Waals surface area contributed by atoms with Crippen molar-refractivity contribution in [3.8, 4) is 0 Å². The van der Waals surface area contributed by atoms with Crippen LogP contribution in [0.2, 0.25) is 0 Å². The molecular weight excluding hydrogens is 150 g/mol. The molecule has 1 amide bonds. The van der Waals surface area contributed by atoms with Gasteiger partial charge in [0, 0.05) is 0 Å². The van der Waals surface area contributed by atoms with E-state index in [0.717, 1.165) is 6.08 Å². The molecule has 10 heavy (non-hydrogen) atoms. The molecule has 0 rings (SSSR count). The van der Waals surface area contributed by atoms with Crippen LogP contribution in [0.15, 0.2) is 37.9 Å². The molecule has 0 aliphatic carbocycles. The van der Waals surface area contributed by atoms with Gasteiger partial charge in [0.25, 0.3) is 0 Å². The topological polar surface area (TPSA) is 43.1 Å². The van der Waals surface area contributed by atoms with Crippen molar-refractivity contribution < 1.29 is 4.79 Å². The van der Waals surface area contributed by atoms with Gasteiger partial charge in [-0.25, -0.2) is 0 Å². The summed E-state index contributed by atoms with van der Waals surface area (Å²) in [6.07, 6.45) is 1.06. The van der Waals surface area contributed by atoms with E-state index < -0.39 is 5.91 Å². The van der Waals surface area contributed by atoms with Crippen molar-refractivity contribution in [2.24, 2.45) is 5.73 Å². The molecule has 0 saturated carbocycles. The SMILES string of the molecule is C=C.C=CC(N)=O.C=CCl. The zero-order valence-corrected chi connectivity index (χ0v) is 6.60. The Morgan fingerprint density at radius 3 is 1.50 bits per heavy atom. The summed E-state index contributed by atoms with van der Waals surface area (Å²) in [6, 6.07) is 0. The predicted octanol–water partition coefficient (Wildman–Crippen LogP) is 1.83. The number of hydrogen-bond acceptors (Lipinski definition) is 1. The van der Waals surface area contributed by atoms with Gasteiger partial charge >= 0.3 is 0 Å². The second-order valence-electron chi connectivity index (χ2n) is 0.761. The molecule has 0 fully saturated rings. The minimum atomic E-state index is -0.481. The number of carbonyl (C=O) groups excluding carboxylic acids is 1. The van der Waals surface area contributed by atoms with E-state index in [1.165, 1.54) is 5.54 Å². The average molecular weight is 162 g/mol. The molecule has 0 spiro atoms. The minimum Gasteiger partial charge on any atom is -0.366 e. The maximum atomic E-state index is 9.47. The molecule has 58 valence electrons. The van der Waals surface area contributed by atoms with Crippen LogP contribution in [0, 0.1) is 0 Å². The van der Waals surface area contributed by atoms with Crippen LogP contribution < -0.4 is 5.73 Å². The van der Waals surface area contributed by atoms with Gasteiger partial charge in [-0.1, -0.05) is 24.8 Å². The van der Waals surface area contributed by atoms with E-state index in [4.69, 9.17) is 11.6 Å². The lowest BCUT2D eigenvalue weighted by Gasteiger charge is -1.65. The number of rotatable bonds is 1. The molecule has 2 nitrogen and oxygen atoms in total. The Morgan fingerprint density at radius 1 is 1.40 bits per heavy atom. The van der Waals surface area contributed by atoms with Crippen molar-refractivity contribution in [1.82, 2.24) is 0 Å². The molecule has 0 bridgehead atoms. The van der Waals surface area contributed by atoms with Crippen molar-refractivity contribution in [2.75, 3.05) is 0 Å². The van der Waals surface area contributed by atoms with Gasteiger partial charge in [0.05, 0.1) is 0 Å². The van der Waals surface area contributed by atoms with E-state index in [-0.39, 0.29) is 0 Å². The van der Waals surface area contributed by atoms with Crippen LogP contribution in [-0.4, -0.2) is 5.91 Å². The van der Waals surface area contributed by atoms with Crippen molar-refractivity contribution in [1.29, 1.82) is 0 Å². The summed E-state index contributed by atoms with van der Waals surface area (Å²) < 4.78 is 0. The number of carbonyl (C=O) groups is 1. The van der Waals surface area contributed by atoms with Crippen LogP contribution in [0.1, 0.15) is 0 Å². The van der Waals surface area contributed by atoms with Gasteiger partial charge in [0.1, 0.15) is 0 Å². The molecule has 0 aromatic rings. The Balaban J connectivity index is -0.0000000847. The second-order valence-corrected chi connectivity index (χ2v) is 1.07. The van der Waals surface area contributed by atoms with Crippen LogP contribution in [0.3, 0.4) is 0 Å². The largest absolute Gasteiger partial charge is 0.366 e. The van der Waals surface area contributed by atoms with Gasteiger partial charge in [0.15, 0.2) is 0 Å². The zero-order chi connectivity index (χ0) is 8.99. The Kier molecular flexibility index (Phi) is 39.2. The highest BCUT2D eigenvalue weighted by Gasteiger charge is 1.69. The lowest BCUT2D eigenvalue weighted by molar-refractivity contribution is -0.113. The summed E-state index contributed by atoms with van der Waals surface area (Å²) in [4.78, 5) is 9.47. The average Bonchev–Trinajstić information content (AvgIpc) is 1.94. The minimum absolute atomic E-state index is 0.481. The molecule has 2 N–H and O–H groups in total. The Bertz CT molecular complexity index is 102. The van der Waals surface area contributed by atoms with E-state index in [1.54, 1.807) is 0 Å². The number of hydrogen-bond donors (Lipinski definition) is 1. The van der Waals surface area contributed by atoms with E-state index in [1.807, 2.05) is 0 Å². The third-order valence-electron chi connectivity index (χ3n) is 0.201. The highest BCUT2D eigenvalue weighted by atomic mass is 35.5. The van der Waals surface area contributed by atoms with Gasteiger partial charge < -0.3 is 5.73 Å². The fourth-order valence-electron chi connectivity index (χ4n) is 0. The van der Waals surface area contributed by atoms with Gasteiger partial charge in [-0.05, 0) is 11.6 Å². The molecule has 0 atom stereocenters. The maximum Gasteiger partial charge on any atom is 0.240 e. The second kappa shape index (κ2) is 24.5. The third-order valence-corrected chi connectivity index (χ3v) is 0.201. The molecule has 3 heteroatoms. The summed E-state index contributed by atoms with van der Waals surface area (Å²) in [7, 11) is 0. The van der Waals surface area contributed by atoms with Crippen molar-refractivity contribution in [3.05, 3.63) is 37.9 Å². The number of nitrogens with two attached hydrogens (primary N) is 1. The standard InChI is InChI=1S/C3H5NO.C2H3Cl.C2H4/c1-2-3(4)5;1-2-3;1-2/h2H,1H2,(H2,4,5);2H,1H2;1-2H2. The third kappa shape index (κ3) is 260. The first-order valence-electron chi connectivity index (χ1n) is 2.32. The summed E-state index contributed by atoms with van der Waals surface area (Å²) in [5, 5.41) is 0. The number of primary amides is 1. The highest BCUT2D eigenvalue weighted by Crippen LogP contribution is 1.60. The molecule has 0 radical (unpaired) electrons. The van der Waals surface area contributed by atoms with E-state index in [2.05, 4.69) is 32.0 Å². The van der Waals surface area contributed by atoms with Crippen molar-refractivity contribution in [3.63, 3.8) is 0 Å². The summed E-state index contributed by atoms with van der Waals surface area (Å²) in [5.41, 5.74) is 5.76. The number of halogens is 1. The molecule has 0 aliphatic heterocycles. The molecule has 0 saturated heterocycles. The van der Waals surface area contributed by atoms with Crippen LogP contribution >= 0.6 is 11.6 Å². The van der Waals surface area contributed by atoms with E-state index >= 15 is 0 Å². The monoisotopic (exact) mass is 161 g/mol. The number of amides is 1. The van der Waals surface area contributed by atoms with Crippen LogP contribution in [0.5, 0.6) is 0 Å². The molecule has 0 heterocycles. The van der Waals surface area contributed by atoms with Crippen LogP contribution in [0.4, 0.5) is 0 Å². The normalized spacial score (nSPS) is 4.90. The fourth-order valence-corrected chi connectivity index (χ4v) is 0. The molecule has 0 aromatic carbocycles. The van der Waals surface area contributed by atoms with Gasteiger partial charge in [0.2, 0.25) is 5.91 Å². The van der Waals surface area contributed by atoms with Crippen LogP contribution in [-0.2, 0) is 4.79 Å². The molecule has 0 aliphatic rings.